The van der Waals surface area contributed by atoms with E-state index in [0.717, 1.165) is 11.5 Å². The molecule has 4 rings (SSSR count). The van der Waals surface area contributed by atoms with Gasteiger partial charge in [0.05, 0.1) is 0 Å². The van der Waals surface area contributed by atoms with Gasteiger partial charge in [0.25, 0.3) is 0 Å². The van der Waals surface area contributed by atoms with Crippen molar-refractivity contribution in [3.05, 3.63) is 78.9 Å². The molecule has 0 radical (unpaired) electrons. The standard InChI is InChI=1S/C12H8O.C6H5.Bi/c1-3-7-11(8-4-1)13-12-9-5-2-6-10-12;1-2-4-6-5-3-1;/h1-7,9H;1-5H;. The fraction of sp³-hybridized carbons (Fsp3) is 0. The van der Waals surface area contributed by atoms with E-state index in [0.29, 0.717) is 0 Å². The summed E-state index contributed by atoms with van der Waals surface area (Å²) in [7, 11) is 0. The van der Waals surface area contributed by atoms with Crippen molar-refractivity contribution in [1.82, 2.24) is 0 Å². The van der Waals surface area contributed by atoms with Crippen LogP contribution in [0.3, 0.4) is 0 Å². The number of ether oxygens (including phenoxy) is 1. The Kier molecular flexibility index (Phi) is 3.05. The van der Waals surface area contributed by atoms with Gasteiger partial charge in [-0.05, 0) is 0 Å². The van der Waals surface area contributed by atoms with E-state index < -0.39 is 21.8 Å². The van der Waals surface area contributed by atoms with E-state index in [1.54, 1.807) is 0 Å². The molecule has 3 aromatic rings. The molecule has 2 heteroatoms. The predicted molar refractivity (Wildman–Crippen MR) is 84.1 cm³/mol. The van der Waals surface area contributed by atoms with E-state index in [2.05, 4.69) is 78.9 Å². The second-order valence-corrected chi connectivity index (χ2v) is 13.1. The van der Waals surface area contributed by atoms with Crippen molar-refractivity contribution in [3.63, 3.8) is 0 Å². The van der Waals surface area contributed by atoms with Crippen LogP contribution in [0.1, 0.15) is 0 Å². The van der Waals surface area contributed by atoms with Gasteiger partial charge in [0, 0.05) is 0 Å². The SMILES string of the molecule is c1cc[c]([Bi]2[c]3ccccc3Oc3cccc[c]32)cc1. The Bertz CT molecular complexity index is 707. The molecule has 0 fully saturated rings. The summed E-state index contributed by atoms with van der Waals surface area (Å²) < 4.78 is 10.5. The Balaban J connectivity index is 1.98. The number of benzene rings is 3. The van der Waals surface area contributed by atoms with Gasteiger partial charge >= 0.3 is 127 Å². The summed E-state index contributed by atoms with van der Waals surface area (Å²) in [6, 6.07) is 28.0. The maximum absolute atomic E-state index is 6.08. The van der Waals surface area contributed by atoms with Gasteiger partial charge in [0.15, 0.2) is 0 Å². The first-order chi connectivity index (χ1) is 9.93. The molecule has 3 aromatic carbocycles. The second kappa shape index (κ2) is 5.03. The number of rotatable bonds is 1. The molecular formula is C18H13BiO. The van der Waals surface area contributed by atoms with E-state index in [4.69, 9.17) is 4.74 Å². The minimum atomic E-state index is -2.18. The van der Waals surface area contributed by atoms with Crippen LogP contribution in [0.5, 0.6) is 11.5 Å². The summed E-state index contributed by atoms with van der Waals surface area (Å²) >= 11 is -2.18. The number of hydrogen-bond donors (Lipinski definition) is 0. The fourth-order valence-electron chi connectivity index (χ4n) is 2.56. The Morgan fingerprint density at radius 2 is 1.05 bits per heavy atom. The molecule has 0 aromatic heterocycles. The molecule has 96 valence electrons. The van der Waals surface area contributed by atoms with E-state index in [1.807, 2.05) is 0 Å². The van der Waals surface area contributed by atoms with E-state index in [1.165, 1.54) is 9.81 Å². The Morgan fingerprint density at radius 3 is 1.65 bits per heavy atom. The van der Waals surface area contributed by atoms with Crippen LogP contribution >= 0.6 is 0 Å². The molecule has 1 aliphatic rings. The first-order valence-corrected chi connectivity index (χ1v) is 11.9. The first-order valence-electron chi connectivity index (χ1n) is 6.64. The van der Waals surface area contributed by atoms with Crippen molar-refractivity contribution in [2.24, 2.45) is 0 Å². The monoisotopic (exact) mass is 454 g/mol. The molecule has 0 spiro atoms. The second-order valence-electron chi connectivity index (χ2n) is 4.71. The van der Waals surface area contributed by atoms with Gasteiger partial charge < -0.3 is 0 Å². The van der Waals surface area contributed by atoms with Crippen molar-refractivity contribution < 1.29 is 4.74 Å². The molecule has 20 heavy (non-hydrogen) atoms. The van der Waals surface area contributed by atoms with Crippen molar-refractivity contribution in [1.29, 1.82) is 0 Å². The van der Waals surface area contributed by atoms with Gasteiger partial charge in [-0.25, -0.2) is 0 Å². The number of para-hydroxylation sites is 2. The third-order valence-electron chi connectivity index (χ3n) is 3.45. The molecule has 1 nitrogen and oxygen atoms in total. The fourth-order valence-corrected chi connectivity index (χ4v) is 12.0. The Morgan fingerprint density at radius 1 is 0.550 bits per heavy atom. The third-order valence-corrected chi connectivity index (χ3v) is 13.2. The summed E-state index contributed by atoms with van der Waals surface area (Å²) in [6.45, 7) is 0. The van der Waals surface area contributed by atoms with E-state index in [9.17, 15) is 0 Å². The van der Waals surface area contributed by atoms with Crippen LogP contribution in [0.4, 0.5) is 0 Å². The van der Waals surface area contributed by atoms with Gasteiger partial charge in [-0.2, -0.15) is 0 Å². The molecular weight excluding hydrogens is 441 g/mol. The molecule has 0 saturated carbocycles. The molecule has 0 unspecified atom stereocenters. The third kappa shape index (κ3) is 1.96. The van der Waals surface area contributed by atoms with Gasteiger partial charge in [-0.3, -0.25) is 0 Å². The minimum absolute atomic E-state index is 1.05. The van der Waals surface area contributed by atoms with Crippen LogP contribution in [-0.2, 0) is 0 Å². The van der Waals surface area contributed by atoms with E-state index in [-0.39, 0.29) is 0 Å². The molecule has 0 bridgehead atoms. The van der Waals surface area contributed by atoms with Gasteiger partial charge in [0.1, 0.15) is 0 Å². The van der Waals surface area contributed by atoms with Gasteiger partial charge in [0.2, 0.25) is 0 Å². The Hall–Kier alpha value is -1.66. The quantitative estimate of drug-likeness (QED) is 0.402. The van der Waals surface area contributed by atoms with Crippen molar-refractivity contribution in [2.45, 2.75) is 0 Å². The molecule has 0 atom stereocenters. The zero-order chi connectivity index (χ0) is 13.4. The van der Waals surface area contributed by atoms with Crippen LogP contribution in [0.25, 0.3) is 0 Å². The summed E-state index contributed by atoms with van der Waals surface area (Å²) in [5, 5.41) is 0. The zero-order valence-electron chi connectivity index (χ0n) is 10.9. The Labute approximate surface area is 126 Å². The van der Waals surface area contributed by atoms with Crippen LogP contribution in [-0.4, -0.2) is 21.8 Å². The maximum atomic E-state index is 6.08. The van der Waals surface area contributed by atoms with Crippen LogP contribution in [0, 0.1) is 0 Å². The van der Waals surface area contributed by atoms with Gasteiger partial charge in [-0.15, -0.1) is 0 Å². The van der Waals surface area contributed by atoms with Crippen molar-refractivity contribution in [2.75, 3.05) is 0 Å². The summed E-state index contributed by atoms with van der Waals surface area (Å²) in [5.41, 5.74) is 0. The molecule has 1 aliphatic heterocycles. The van der Waals surface area contributed by atoms with Crippen LogP contribution < -0.4 is 14.6 Å². The molecule has 1 heterocycles. The summed E-state index contributed by atoms with van der Waals surface area (Å²) in [4.78, 5) is 0. The normalized spacial score (nSPS) is 13.2. The van der Waals surface area contributed by atoms with Crippen molar-refractivity contribution in [3.8, 4) is 11.5 Å². The molecule has 0 aliphatic carbocycles. The van der Waals surface area contributed by atoms with Crippen LogP contribution in [0.15, 0.2) is 78.9 Å². The van der Waals surface area contributed by atoms with Crippen molar-refractivity contribution >= 4 is 31.6 Å². The number of fused-ring (bicyclic) bond motifs is 2. The van der Waals surface area contributed by atoms with Gasteiger partial charge in [-0.1, -0.05) is 0 Å². The predicted octanol–water partition coefficient (Wildman–Crippen LogP) is 2.31. The first kappa shape index (κ1) is 12.1. The average Bonchev–Trinajstić information content (AvgIpc) is 2.53. The average molecular weight is 454 g/mol. The number of hydrogen-bond acceptors (Lipinski definition) is 1. The summed E-state index contributed by atoms with van der Waals surface area (Å²) in [5.74, 6) is 2.10. The molecule has 0 N–H and O–H groups in total. The van der Waals surface area contributed by atoms with E-state index >= 15 is 0 Å². The summed E-state index contributed by atoms with van der Waals surface area (Å²) in [6.07, 6.45) is 0. The topological polar surface area (TPSA) is 9.23 Å². The molecule has 0 saturated heterocycles. The molecule has 0 amide bonds. The zero-order valence-corrected chi connectivity index (χ0v) is 14.3. The van der Waals surface area contributed by atoms with Crippen LogP contribution in [0.2, 0.25) is 0 Å².